The minimum absolute atomic E-state index is 0.111. The van der Waals surface area contributed by atoms with Crippen LogP contribution in [0, 0.1) is 12.8 Å². The maximum Gasteiger partial charge on any atom is 0.262 e. The first-order valence-electron chi connectivity index (χ1n) is 13.7. The molecule has 0 bridgehead atoms. The number of benzene rings is 3. The molecule has 0 spiro atoms. The zero-order valence-corrected chi connectivity index (χ0v) is 23.0. The summed E-state index contributed by atoms with van der Waals surface area (Å²) in [6.45, 7) is 5.30. The average molecular weight is 522 g/mol. The maximum atomic E-state index is 14.1. The highest BCUT2D eigenvalue weighted by atomic mass is 32.2. The van der Waals surface area contributed by atoms with Gasteiger partial charge in [-0.05, 0) is 55.5 Å². The van der Waals surface area contributed by atoms with Crippen LogP contribution in [0.3, 0.4) is 0 Å². The summed E-state index contributed by atoms with van der Waals surface area (Å²) in [4.78, 5) is 17.1. The summed E-state index contributed by atoms with van der Waals surface area (Å²) >= 11 is 1.66. The summed E-state index contributed by atoms with van der Waals surface area (Å²) in [5.41, 5.74) is 5.74. The van der Waals surface area contributed by atoms with Gasteiger partial charge in [0.2, 0.25) is 0 Å². The van der Waals surface area contributed by atoms with Crippen molar-refractivity contribution < 1.29 is 4.79 Å². The second-order valence-electron chi connectivity index (χ2n) is 10.6. The number of thioether (sulfide) groups is 1. The van der Waals surface area contributed by atoms with Crippen LogP contribution in [0.15, 0.2) is 89.8 Å². The number of fused-ring (bicyclic) bond motifs is 1. The van der Waals surface area contributed by atoms with Gasteiger partial charge in [-0.3, -0.25) is 4.79 Å². The molecule has 1 aliphatic heterocycles. The van der Waals surface area contributed by atoms with Gasteiger partial charge in [-0.2, -0.15) is 0 Å². The SMILES string of the molecule is Cc1c(/C=C2\SC(Nc3ccccc3)N([C@@H]3CCCC[C@@H]3C)C2=O)c2ccccc2n1Cc1ccccc1. The second kappa shape index (κ2) is 10.7. The van der Waals surface area contributed by atoms with Crippen molar-refractivity contribution in [1.82, 2.24) is 9.47 Å². The van der Waals surface area contributed by atoms with Gasteiger partial charge in [0, 0.05) is 40.4 Å². The first kappa shape index (κ1) is 24.9. The number of carbonyl (C=O) groups is 1. The van der Waals surface area contributed by atoms with Gasteiger partial charge in [0.1, 0.15) is 0 Å². The predicted molar refractivity (Wildman–Crippen MR) is 160 cm³/mol. The quantitative estimate of drug-likeness (QED) is 0.262. The number of rotatable bonds is 6. The van der Waals surface area contributed by atoms with E-state index in [9.17, 15) is 4.79 Å². The molecule has 5 heteroatoms. The molecule has 2 aliphatic rings. The lowest BCUT2D eigenvalue weighted by atomic mass is 9.85. The Morgan fingerprint density at radius 3 is 2.37 bits per heavy atom. The van der Waals surface area contributed by atoms with Crippen molar-refractivity contribution in [2.24, 2.45) is 5.92 Å². The number of nitrogens with zero attached hydrogens (tertiary/aromatic N) is 2. The predicted octanol–water partition coefficient (Wildman–Crippen LogP) is 7.89. The van der Waals surface area contributed by atoms with E-state index in [-0.39, 0.29) is 17.4 Å². The minimum Gasteiger partial charge on any atom is -0.356 e. The third kappa shape index (κ3) is 4.76. The molecular weight excluding hydrogens is 486 g/mol. The number of aromatic nitrogens is 1. The fraction of sp³-hybridized carbons (Fsp3) is 0.303. The van der Waals surface area contributed by atoms with E-state index in [1.54, 1.807) is 11.8 Å². The Morgan fingerprint density at radius 1 is 0.921 bits per heavy atom. The van der Waals surface area contributed by atoms with Gasteiger partial charge in [-0.15, -0.1) is 0 Å². The van der Waals surface area contributed by atoms with E-state index in [1.807, 2.05) is 18.2 Å². The molecule has 1 amide bonds. The molecule has 1 aliphatic carbocycles. The summed E-state index contributed by atoms with van der Waals surface area (Å²) in [5, 5.41) is 4.86. The lowest BCUT2D eigenvalue weighted by molar-refractivity contribution is -0.129. The summed E-state index contributed by atoms with van der Waals surface area (Å²) in [5.74, 6) is 0.656. The van der Waals surface area contributed by atoms with E-state index in [1.165, 1.54) is 41.4 Å². The number of anilines is 1. The molecule has 1 N–H and O–H groups in total. The molecule has 4 aromatic rings. The zero-order chi connectivity index (χ0) is 26.1. The summed E-state index contributed by atoms with van der Waals surface area (Å²) in [6.07, 6.45) is 6.85. The fourth-order valence-electron chi connectivity index (χ4n) is 6.11. The molecule has 0 radical (unpaired) electrons. The molecule has 4 nitrogen and oxygen atoms in total. The Kier molecular flexibility index (Phi) is 7.03. The van der Waals surface area contributed by atoms with Crippen LogP contribution in [-0.2, 0) is 11.3 Å². The highest BCUT2D eigenvalue weighted by Gasteiger charge is 2.43. The van der Waals surface area contributed by atoms with Gasteiger partial charge < -0.3 is 14.8 Å². The van der Waals surface area contributed by atoms with E-state index in [4.69, 9.17) is 0 Å². The van der Waals surface area contributed by atoms with Gasteiger partial charge in [0.25, 0.3) is 5.91 Å². The molecule has 3 atom stereocenters. The molecule has 194 valence electrons. The number of nitrogens with one attached hydrogen (secondary N) is 1. The van der Waals surface area contributed by atoms with Gasteiger partial charge in [-0.25, -0.2) is 0 Å². The van der Waals surface area contributed by atoms with E-state index in [0.717, 1.165) is 29.1 Å². The zero-order valence-electron chi connectivity index (χ0n) is 22.1. The maximum absolute atomic E-state index is 14.1. The lowest BCUT2D eigenvalue weighted by Crippen LogP contribution is -2.48. The third-order valence-corrected chi connectivity index (χ3v) is 9.28. The number of carbonyl (C=O) groups excluding carboxylic acids is 1. The Bertz CT molecular complexity index is 1460. The molecule has 2 fully saturated rings. The molecule has 38 heavy (non-hydrogen) atoms. The molecule has 6 rings (SSSR count). The first-order chi connectivity index (χ1) is 18.6. The van der Waals surface area contributed by atoms with Crippen molar-refractivity contribution in [2.45, 2.75) is 57.6 Å². The monoisotopic (exact) mass is 521 g/mol. The van der Waals surface area contributed by atoms with Crippen LogP contribution in [0.4, 0.5) is 5.69 Å². The van der Waals surface area contributed by atoms with Crippen LogP contribution < -0.4 is 5.32 Å². The molecule has 1 saturated heterocycles. The smallest absolute Gasteiger partial charge is 0.262 e. The van der Waals surface area contributed by atoms with Crippen molar-refractivity contribution in [3.63, 3.8) is 0 Å². The second-order valence-corrected chi connectivity index (χ2v) is 11.7. The summed E-state index contributed by atoms with van der Waals surface area (Å²) in [6, 6.07) is 29.7. The molecule has 1 unspecified atom stereocenters. The first-order valence-corrected chi connectivity index (χ1v) is 14.6. The molecule has 2 heterocycles. The van der Waals surface area contributed by atoms with Crippen LogP contribution >= 0.6 is 11.8 Å². The molecule has 3 aromatic carbocycles. The highest BCUT2D eigenvalue weighted by Crippen LogP contribution is 2.43. The van der Waals surface area contributed by atoms with E-state index < -0.39 is 0 Å². The Hall–Kier alpha value is -3.44. The Morgan fingerprint density at radius 2 is 1.61 bits per heavy atom. The normalized spacial score (nSPS) is 22.9. The number of amides is 1. The fourth-order valence-corrected chi connectivity index (χ4v) is 7.30. The van der Waals surface area contributed by atoms with Crippen molar-refractivity contribution >= 4 is 40.3 Å². The van der Waals surface area contributed by atoms with Crippen molar-refractivity contribution in [3.05, 3.63) is 107 Å². The standard InChI is InChI=1S/C33H35N3OS/c1-23-13-9-11-19-29(23)36-32(37)31(38-33(36)34-26-16-7-4-8-17-26)21-28-24(2)35(22-25-14-5-3-6-15-25)30-20-12-10-18-27(28)30/h3-8,10,12,14-18,20-21,23,29,33-34H,9,11,13,19,22H2,1-2H3/b31-21-/t23-,29+,33?/m0/s1. The van der Waals surface area contributed by atoms with Crippen LogP contribution in [0.25, 0.3) is 17.0 Å². The third-order valence-electron chi connectivity index (χ3n) is 8.16. The van der Waals surface area contributed by atoms with Crippen molar-refractivity contribution in [3.8, 4) is 0 Å². The summed E-state index contributed by atoms with van der Waals surface area (Å²) in [7, 11) is 0. The largest absolute Gasteiger partial charge is 0.356 e. The van der Waals surface area contributed by atoms with Gasteiger partial charge in [-0.1, -0.05) is 98.3 Å². The molecule has 1 aromatic heterocycles. The number of para-hydroxylation sites is 2. The van der Waals surface area contributed by atoms with Gasteiger partial charge >= 0.3 is 0 Å². The van der Waals surface area contributed by atoms with Crippen LogP contribution in [0.5, 0.6) is 0 Å². The van der Waals surface area contributed by atoms with Crippen LogP contribution in [0.2, 0.25) is 0 Å². The Labute approximate surface area is 229 Å². The number of hydrogen-bond acceptors (Lipinski definition) is 3. The Balaban J connectivity index is 1.39. The van der Waals surface area contributed by atoms with E-state index >= 15 is 0 Å². The van der Waals surface area contributed by atoms with Crippen LogP contribution in [0.1, 0.15) is 49.4 Å². The summed E-state index contributed by atoms with van der Waals surface area (Å²) < 4.78 is 2.38. The highest BCUT2D eigenvalue weighted by molar-refractivity contribution is 8.05. The minimum atomic E-state index is -0.111. The van der Waals surface area contributed by atoms with Crippen molar-refractivity contribution in [2.75, 3.05) is 5.32 Å². The van der Waals surface area contributed by atoms with E-state index in [2.05, 4.69) is 101 Å². The van der Waals surface area contributed by atoms with E-state index in [0.29, 0.717) is 5.92 Å². The lowest BCUT2D eigenvalue weighted by Gasteiger charge is -2.39. The topological polar surface area (TPSA) is 37.3 Å². The number of hydrogen-bond donors (Lipinski definition) is 1. The molecule has 1 saturated carbocycles. The van der Waals surface area contributed by atoms with Gasteiger partial charge in [0.05, 0.1) is 4.91 Å². The molecular formula is C33H35N3OS. The van der Waals surface area contributed by atoms with Crippen LogP contribution in [-0.4, -0.2) is 26.9 Å². The average Bonchev–Trinajstić information content (AvgIpc) is 3.39. The van der Waals surface area contributed by atoms with Gasteiger partial charge in [0.15, 0.2) is 5.50 Å². The van der Waals surface area contributed by atoms with Crippen molar-refractivity contribution in [1.29, 1.82) is 0 Å².